The van der Waals surface area contributed by atoms with Gasteiger partial charge in [0, 0.05) is 6.66 Å². The molecule has 0 spiro atoms. The van der Waals surface area contributed by atoms with Crippen LogP contribution in [0.3, 0.4) is 0 Å². The summed E-state index contributed by atoms with van der Waals surface area (Å²) < 4.78 is 11.1. The number of benzene rings is 1. The van der Waals surface area contributed by atoms with Crippen molar-refractivity contribution in [2.45, 2.75) is 39.7 Å². The van der Waals surface area contributed by atoms with Gasteiger partial charge in [-0.3, -0.25) is 9.88 Å². The number of hydrogen-bond acceptors (Lipinski definition) is 4. The minimum Gasteiger partial charge on any atom is -0.464 e. The second kappa shape index (κ2) is 9.75. The highest BCUT2D eigenvalue weighted by Gasteiger charge is 2.19. The molecule has 1 aromatic rings. The molecule has 0 amide bonds. The zero-order valence-electron chi connectivity index (χ0n) is 13.3. The molecule has 1 rings (SSSR count). The summed E-state index contributed by atoms with van der Waals surface area (Å²) in [7, 11) is -0.913. The van der Waals surface area contributed by atoms with E-state index in [0.717, 1.165) is 18.6 Å². The van der Waals surface area contributed by atoms with Crippen molar-refractivity contribution in [2.24, 2.45) is 5.92 Å². The van der Waals surface area contributed by atoms with Crippen LogP contribution in [0.5, 0.6) is 5.75 Å². The maximum absolute atomic E-state index is 11.9. The molecule has 4 nitrogen and oxygen atoms in total. The van der Waals surface area contributed by atoms with E-state index in [-0.39, 0.29) is 12.0 Å². The fourth-order valence-electron chi connectivity index (χ4n) is 1.84. The van der Waals surface area contributed by atoms with Crippen LogP contribution in [0.15, 0.2) is 30.3 Å². The number of para-hydroxylation sites is 1. The van der Waals surface area contributed by atoms with Crippen molar-refractivity contribution in [1.29, 1.82) is 0 Å². The molecule has 2 atom stereocenters. The number of carbonyl (C=O) groups excluding carboxylic acids is 1. The van der Waals surface area contributed by atoms with Crippen LogP contribution in [0, 0.1) is 5.92 Å². The molecule has 0 aromatic heterocycles. The molecule has 0 fully saturated rings. The molecule has 1 aromatic carbocycles. The number of hydrogen-bond donors (Lipinski definition) is 1. The quantitative estimate of drug-likeness (QED) is 0.554. The number of ether oxygens (including phenoxy) is 1. The lowest BCUT2D eigenvalue weighted by molar-refractivity contribution is -0.146. The Bertz CT molecular complexity index is 409. The third kappa shape index (κ3) is 6.92. The summed E-state index contributed by atoms with van der Waals surface area (Å²) >= 11 is 0. The van der Waals surface area contributed by atoms with Crippen molar-refractivity contribution in [3.63, 3.8) is 0 Å². The van der Waals surface area contributed by atoms with Gasteiger partial charge in [0.1, 0.15) is 11.8 Å². The summed E-state index contributed by atoms with van der Waals surface area (Å²) in [6.45, 7) is 8.47. The molecule has 0 bridgehead atoms. The predicted molar refractivity (Wildman–Crippen MR) is 87.5 cm³/mol. The molecular weight excluding hydrogens is 285 g/mol. The summed E-state index contributed by atoms with van der Waals surface area (Å²) in [4.78, 5) is 11.9. The first-order valence-electron chi connectivity index (χ1n) is 7.46. The Labute approximate surface area is 129 Å². The lowest BCUT2D eigenvalue weighted by Crippen LogP contribution is -2.33. The van der Waals surface area contributed by atoms with Gasteiger partial charge >= 0.3 is 5.97 Å². The van der Waals surface area contributed by atoms with Gasteiger partial charge in [0.25, 0.3) is 0 Å². The van der Waals surface area contributed by atoms with Gasteiger partial charge in [0.2, 0.25) is 0 Å². The van der Waals surface area contributed by atoms with E-state index in [1.165, 1.54) is 0 Å². The second-order valence-corrected chi connectivity index (χ2v) is 6.50. The molecule has 0 heterocycles. The van der Waals surface area contributed by atoms with Crippen molar-refractivity contribution >= 4 is 14.3 Å². The Balaban J connectivity index is 2.34. The molecule has 0 saturated carbocycles. The zero-order chi connectivity index (χ0) is 15.7. The van der Waals surface area contributed by atoms with Crippen LogP contribution in [-0.2, 0) is 9.53 Å². The molecule has 0 aliphatic heterocycles. The van der Waals surface area contributed by atoms with Crippen molar-refractivity contribution in [1.82, 2.24) is 5.09 Å². The smallest absolute Gasteiger partial charge is 0.323 e. The highest BCUT2D eigenvalue weighted by atomic mass is 31.2. The standard InChI is InChI=1S/C16H26NO3P/c1-5-14(6-2)12-19-16(18)13(3)17-21(4)20-15-10-8-7-9-11-15/h7-11,13-14,17H,5-6,12H2,1-4H3. The van der Waals surface area contributed by atoms with Crippen LogP contribution in [0.4, 0.5) is 0 Å². The highest BCUT2D eigenvalue weighted by molar-refractivity contribution is 7.49. The lowest BCUT2D eigenvalue weighted by atomic mass is 10.1. The number of carbonyl (C=O) groups is 1. The largest absolute Gasteiger partial charge is 0.464 e. The average Bonchev–Trinajstić information content (AvgIpc) is 2.48. The third-order valence-corrected chi connectivity index (χ3v) is 4.57. The van der Waals surface area contributed by atoms with E-state index in [4.69, 9.17) is 9.26 Å². The minimum atomic E-state index is -0.913. The SMILES string of the molecule is CCC(CC)COC(=O)C(C)NP(C)Oc1ccccc1. The van der Waals surface area contributed by atoms with Crippen LogP contribution in [-0.4, -0.2) is 25.3 Å². The maximum atomic E-state index is 11.9. The highest BCUT2D eigenvalue weighted by Crippen LogP contribution is 2.30. The van der Waals surface area contributed by atoms with Crippen molar-refractivity contribution < 1.29 is 14.1 Å². The Morgan fingerprint density at radius 3 is 2.43 bits per heavy atom. The Morgan fingerprint density at radius 2 is 1.86 bits per heavy atom. The minimum absolute atomic E-state index is 0.215. The summed E-state index contributed by atoms with van der Waals surface area (Å²) in [5.74, 6) is 1.04. The van der Waals surface area contributed by atoms with E-state index >= 15 is 0 Å². The molecule has 0 saturated heterocycles. The van der Waals surface area contributed by atoms with E-state index in [0.29, 0.717) is 12.5 Å². The van der Waals surface area contributed by atoms with E-state index in [1.54, 1.807) is 0 Å². The molecule has 5 heteroatoms. The summed E-state index contributed by atoms with van der Waals surface area (Å²) in [5.41, 5.74) is 0. The maximum Gasteiger partial charge on any atom is 0.323 e. The van der Waals surface area contributed by atoms with Crippen LogP contribution in [0.25, 0.3) is 0 Å². The van der Waals surface area contributed by atoms with E-state index in [9.17, 15) is 4.79 Å². The van der Waals surface area contributed by atoms with Gasteiger partial charge in [-0.2, -0.15) is 0 Å². The number of esters is 1. The van der Waals surface area contributed by atoms with Crippen molar-refractivity contribution in [3.05, 3.63) is 30.3 Å². The van der Waals surface area contributed by atoms with Crippen molar-refractivity contribution in [3.8, 4) is 5.75 Å². The second-order valence-electron chi connectivity index (χ2n) is 5.07. The van der Waals surface area contributed by atoms with Crippen molar-refractivity contribution in [2.75, 3.05) is 13.3 Å². The molecule has 21 heavy (non-hydrogen) atoms. The number of rotatable bonds is 9. The van der Waals surface area contributed by atoms with Gasteiger partial charge in [-0.1, -0.05) is 44.9 Å². The Kier molecular flexibility index (Phi) is 8.33. The molecule has 1 N–H and O–H groups in total. The van der Waals surface area contributed by atoms with Gasteiger partial charge in [-0.05, 0) is 25.0 Å². The Morgan fingerprint density at radius 1 is 1.24 bits per heavy atom. The van der Waals surface area contributed by atoms with Gasteiger partial charge < -0.3 is 9.26 Å². The first-order chi connectivity index (χ1) is 10.1. The summed E-state index contributed by atoms with van der Waals surface area (Å²) in [6.07, 6.45) is 2.06. The topological polar surface area (TPSA) is 47.6 Å². The molecule has 0 aliphatic rings. The van der Waals surface area contributed by atoms with Crippen LogP contribution in [0.2, 0.25) is 0 Å². The fraction of sp³-hybridized carbons (Fsp3) is 0.562. The summed E-state index contributed by atoms with van der Waals surface area (Å²) in [5, 5.41) is 3.16. The van der Waals surface area contributed by atoms with Gasteiger partial charge in [0.15, 0.2) is 8.30 Å². The monoisotopic (exact) mass is 311 g/mol. The molecule has 0 aliphatic carbocycles. The van der Waals surface area contributed by atoms with Crippen LogP contribution in [0.1, 0.15) is 33.6 Å². The normalized spacial score (nSPS) is 13.8. The van der Waals surface area contributed by atoms with E-state index < -0.39 is 8.30 Å². The molecule has 2 unspecified atom stereocenters. The predicted octanol–water partition coefficient (Wildman–Crippen LogP) is 3.96. The van der Waals surface area contributed by atoms with Crippen LogP contribution < -0.4 is 9.61 Å². The first-order valence-corrected chi connectivity index (χ1v) is 9.17. The zero-order valence-corrected chi connectivity index (χ0v) is 14.2. The third-order valence-electron chi connectivity index (χ3n) is 3.33. The number of nitrogens with one attached hydrogen (secondary N) is 1. The first kappa shape index (κ1) is 17.9. The van der Waals surface area contributed by atoms with Crippen LogP contribution >= 0.6 is 8.30 Å². The lowest BCUT2D eigenvalue weighted by Gasteiger charge is -2.20. The fourth-order valence-corrected chi connectivity index (χ4v) is 2.98. The molecule has 118 valence electrons. The summed E-state index contributed by atoms with van der Waals surface area (Å²) in [6, 6.07) is 9.22. The van der Waals surface area contributed by atoms with Gasteiger partial charge in [-0.25, -0.2) is 0 Å². The average molecular weight is 311 g/mol. The molecule has 0 radical (unpaired) electrons. The van der Waals surface area contributed by atoms with E-state index in [2.05, 4.69) is 18.9 Å². The van der Waals surface area contributed by atoms with Gasteiger partial charge in [-0.15, -0.1) is 0 Å². The Hall–Kier alpha value is -1.12. The molecular formula is C16H26NO3P. The van der Waals surface area contributed by atoms with E-state index in [1.807, 2.05) is 43.9 Å². The van der Waals surface area contributed by atoms with Gasteiger partial charge in [0.05, 0.1) is 6.61 Å².